The minimum Gasteiger partial charge on any atom is -0.506 e. The van der Waals surface area contributed by atoms with Crippen molar-refractivity contribution in [1.29, 1.82) is 0 Å². The molecule has 6 heteroatoms. The number of aromatic nitrogens is 2. The number of amides is 1. The smallest absolute Gasteiger partial charge is 0.255 e. The molecule has 0 aliphatic carbocycles. The highest BCUT2D eigenvalue weighted by Crippen LogP contribution is 2.22. The van der Waals surface area contributed by atoms with Gasteiger partial charge in [-0.05, 0) is 35.9 Å². The number of anilines is 1. The molecule has 3 aromatic rings. The number of nitrogens with one attached hydrogen (secondary N) is 1. The highest BCUT2D eigenvalue weighted by atomic mass is 16.3. The van der Waals surface area contributed by atoms with Crippen molar-refractivity contribution < 1.29 is 14.7 Å². The number of imidazole rings is 1. The van der Waals surface area contributed by atoms with E-state index in [4.69, 9.17) is 0 Å². The number of ketones is 1. The molecule has 0 aliphatic heterocycles. The molecule has 0 radical (unpaired) electrons. The molecule has 6 nitrogen and oxygen atoms in total. The van der Waals surface area contributed by atoms with Gasteiger partial charge in [-0.2, -0.15) is 0 Å². The van der Waals surface area contributed by atoms with Crippen molar-refractivity contribution >= 4 is 23.5 Å². The zero-order valence-corrected chi connectivity index (χ0v) is 14.1. The Balaban J connectivity index is 1.67. The summed E-state index contributed by atoms with van der Waals surface area (Å²) in [6, 6.07) is 13.3. The maximum atomic E-state index is 12.2. The number of hydrogen-bond donors (Lipinski definition) is 2. The van der Waals surface area contributed by atoms with Crippen LogP contribution in [-0.2, 0) is 7.05 Å². The van der Waals surface area contributed by atoms with E-state index in [1.807, 2.05) is 0 Å². The second-order valence-electron chi connectivity index (χ2n) is 5.65. The van der Waals surface area contributed by atoms with Crippen LogP contribution in [0.1, 0.15) is 26.5 Å². The van der Waals surface area contributed by atoms with Gasteiger partial charge in [-0.15, -0.1) is 0 Å². The van der Waals surface area contributed by atoms with Gasteiger partial charge in [-0.1, -0.05) is 30.3 Å². The number of phenolic OH excluding ortho intramolecular Hbond substituents is 1. The number of para-hydroxylation sites is 2. The van der Waals surface area contributed by atoms with Crippen LogP contribution < -0.4 is 5.32 Å². The Morgan fingerprint density at radius 1 is 1.12 bits per heavy atom. The summed E-state index contributed by atoms with van der Waals surface area (Å²) in [7, 11) is 1.76. The van der Waals surface area contributed by atoms with Crippen molar-refractivity contribution in [3.63, 3.8) is 0 Å². The van der Waals surface area contributed by atoms with Crippen molar-refractivity contribution in [3.8, 4) is 5.75 Å². The first-order valence-electron chi connectivity index (χ1n) is 7.94. The Hall–Kier alpha value is -3.67. The van der Waals surface area contributed by atoms with E-state index >= 15 is 0 Å². The number of benzene rings is 2. The first kappa shape index (κ1) is 17.2. The van der Waals surface area contributed by atoms with Gasteiger partial charge >= 0.3 is 0 Å². The third kappa shape index (κ3) is 3.87. The molecule has 0 atom stereocenters. The largest absolute Gasteiger partial charge is 0.506 e. The fourth-order valence-corrected chi connectivity index (χ4v) is 2.37. The average molecular weight is 347 g/mol. The fourth-order valence-electron chi connectivity index (χ4n) is 2.37. The lowest BCUT2D eigenvalue weighted by atomic mass is 10.1. The molecule has 0 saturated heterocycles. The van der Waals surface area contributed by atoms with E-state index in [0.29, 0.717) is 17.1 Å². The Morgan fingerprint density at radius 3 is 2.50 bits per heavy atom. The third-order valence-corrected chi connectivity index (χ3v) is 3.79. The first-order valence-corrected chi connectivity index (χ1v) is 7.94. The zero-order valence-electron chi connectivity index (χ0n) is 14.1. The van der Waals surface area contributed by atoms with Crippen LogP contribution in [0.3, 0.4) is 0 Å². The van der Waals surface area contributed by atoms with Crippen molar-refractivity contribution in [2.75, 3.05) is 5.32 Å². The zero-order chi connectivity index (χ0) is 18.5. The summed E-state index contributed by atoms with van der Waals surface area (Å²) in [5.41, 5.74) is 1.58. The molecule has 0 spiro atoms. The van der Waals surface area contributed by atoms with Gasteiger partial charge < -0.3 is 15.0 Å². The molecule has 0 unspecified atom stereocenters. The van der Waals surface area contributed by atoms with E-state index in [-0.39, 0.29) is 17.4 Å². The van der Waals surface area contributed by atoms with Crippen LogP contribution in [0.5, 0.6) is 5.75 Å². The lowest BCUT2D eigenvalue weighted by molar-refractivity contribution is 0.102. The SMILES string of the molecule is Cn1ccnc1C(=O)/C=C/c1ccc(C(=O)Nc2ccccc2O)cc1. The molecule has 3 rings (SSSR count). The number of rotatable bonds is 5. The molecular weight excluding hydrogens is 330 g/mol. The van der Waals surface area contributed by atoms with Crippen LogP contribution in [0.4, 0.5) is 5.69 Å². The van der Waals surface area contributed by atoms with Crippen LogP contribution in [-0.4, -0.2) is 26.3 Å². The number of aromatic hydroxyl groups is 1. The summed E-state index contributed by atoms with van der Waals surface area (Å²) in [5.74, 6) is -0.155. The molecule has 1 amide bonds. The van der Waals surface area contributed by atoms with E-state index in [0.717, 1.165) is 5.56 Å². The standard InChI is InChI=1S/C20H17N3O3/c1-23-13-12-21-19(23)18(25)11-8-14-6-9-15(10-7-14)20(26)22-16-4-2-3-5-17(16)24/h2-13,24H,1H3,(H,22,26)/b11-8+. The number of hydrogen-bond acceptors (Lipinski definition) is 4. The predicted molar refractivity (Wildman–Crippen MR) is 99.1 cm³/mol. The summed E-state index contributed by atoms with van der Waals surface area (Å²) in [5, 5.41) is 12.4. The number of nitrogens with zero attached hydrogens (tertiary/aromatic N) is 2. The molecule has 130 valence electrons. The second kappa shape index (κ2) is 7.48. The van der Waals surface area contributed by atoms with Gasteiger partial charge in [0.2, 0.25) is 5.78 Å². The summed E-state index contributed by atoms with van der Waals surface area (Å²) >= 11 is 0. The highest BCUT2D eigenvalue weighted by Gasteiger charge is 2.09. The van der Waals surface area contributed by atoms with Gasteiger partial charge in [0.25, 0.3) is 5.91 Å². The number of phenols is 1. The average Bonchev–Trinajstić information content (AvgIpc) is 3.08. The summed E-state index contributed by atoms with van der Waals surface area (Å²) in [4.78, 5) is 28.3. The van der Waals surface area contributed by atoms with Crippen LogP contribution in [0.25, 0.3) is 6.08 Å². The predicted octanol–water partition coefficient (Wildman–Crippen LogP) is 3.27. The quantitative estimate of drug-likeness (QED) is 0.421. The van der Waals surface area contributed by atoms with E-state index in [2.05, 4.69) is 10.3 Å². The van der Waals surface area contributed by atoms with Gasteiger partial charge in [0, 0.05) is 25.0 Å². The first-order chi connectivity index (χ1) is 12.5. The van der Waals surface area contributed by atoms with E-state index < -0.39 is 0 Å². The van der Waals surface area contributed by atoms with Crippen LogP contribution in [0.15, 0.2) is 67.0 Å². The topological polar surface area (TPSA) is 84.2 Å². The molecule has 0 bridgehead atoms. The number of aryl methyl sites for hydroxylation is 1. The maximum absolute atomic E-state index is 12.2. The van der Waals surface area contributed by atoms with Gasteiger partial charge in [-0.3, -0.25) is 9.59 Å². The molecule has 2 aromatic carbocycles. The lowest BCUT2D eigenvalue weighted by Crippen LogP contribution is -2.11. The third-order valence-electron chi connectivity index (χ3n) is 3.79. The molecule has 0 saturated carbocycles. The maximum Gasteiger partial charge on any atom is 0.255 e. The van der Waals surface area contributed by atoms with Gasteiger partial charge in [0.15, 0.2) is 5.82 Å². The van der Waals surface area contributed by atoms with E-state index in [1.165, 1.54) is 12.1 Å². The molecule has 2 N–H and O–H groups in total. The van der Waals surface area contributed by atoms with Crippen LogP contribution >= 0.6 is 0 Å². The van der Waals surface area contributed by atoms with Gasteiger partial charge in [0.1, 0.15) is 5.75 Å². The Kier molecular flexibility index (Phi) is 4.94. The Bertz CT molecular complexity index is 972. The molecule has 0 aliphatic rings. The van der Waals surface area contributed by atoms with Crippen molar-refractivity contribution in [3.05, 3.63) is 84.0 Å². The molecule has 0 fully saturated rings. The minimum atomic E-state index is -0.328. The molecule has 1 aromatic heterocycles. The molecule has 26 heavy (non-hydrogen) atoms. The number of allylic oxidation sites excluding steroid dienone is 1. The minimum absolute atomic E-state index is 0.00759. The van der Waals surface area contributed by atoms with E-state index in [9.17, 15) is 14.7 Å². The normalized spacial score (nSPS) is 10.8. The van der Waals surface area contributed by atoms with Gasteiger partial charge in [-0.25, -0.2) is 4.98 Å². The summed E-state index contributed by atoms with van der Waals surface area (Å²) < 4.78 is 1.65. The Labute approximate surface area is 150 Å². The second-order valence-corrected chi connectivity index (χ2v) is 5.65. The lowest BCUT2D eigenvalue weighted by Gasteiger charge is -2.07. The molecule has 1 heterocycles. The number of carbonyl (C=O) groups is 2. The van der Waals surface area contributed by atoms with Gasteiger partial charge in [0.05, 0.1) is 5.69 Å². The number of carbonyl (C=O) groups excluding carboxylic acids is 2. The summed E-state index contributed by atoms with van der Waals surface area (Å²) in [6.45, 7) is 0. The van der Waals surface area contributed by atoms with Crippen molar-refractivity contribution in [2.24, 2.45) is 7.05 Å². The molecular formula is C20H17N3O3. The van der Waals surface area contributed by atoms with Crippen LogP contribution in [0, 0.1) is 0 Å². The monoisotopic (exact) mass is 347 g/mol. The van der Waals surface area contributed by atoms with E-state index in [1.54, 1.807) is 72.5 Å². The van der Waals surface area contributed by atoms with Crippen molar-refractivity contribution in [1.82, 2.24) is 9.55 Å². The highest BCUT2D eigenvalue weighted by molar-refractivity contribution is 6.06. The Morgan fingerprint density at radius 2 is 1.85 bits per heavy atom. The van der Waals surface area contributed by atoms with Crippen molar-refractivity contribution in [2.45, 2.75) is 0 Å². The fraction of sp³-hybridized carbons (Fsp3) is 0.0500. The van der Waals surface area contributed by atoms with Crippen LogP contribution in [0.2, 0.25) is 0 Å². The summed E-state index contributed by atoms with van der Waals surface area (Å²) in [6.07, 6.45) is 6.39.